The molecule has 0 bridgehead atoms. The number of carbonyl (C=O) groups is 1. The second-order valence-corrected chi connectivity index (χ2v) is 6.35. The van der Waals surface area contributed by atoms with Crippen molar-refractivity contribution in [3.05, 3.63) is 64.6 Å². The van der Waals surface area contributed by atoms with E-state index in [0.29, 0.717) is 16.7 Å². The van der Waals surface area contributed by atoms with Crippen LogP contribution in [-0.4, -0.2) is 17.7 Å². The van der Waals surface area contributed by atoms with E-state index in [-0.39, 0.29) is 5.91 Å². The van der Waals surface area contributed by atoms with Crippen LogP contribution < -0.4 is 10.1 Å². The lowest BCUT2D eigenvalue weighted by molar-refractivity contribution is -0.115. The molecule has 1 aliphatic rings. The number of amidine groups is 1. The third-order valence-electron chi connectivity index (χ3n) is 3.40. The van der Waals surface area contributed by atoms with E-state index in [1.807, 2.05) is 68.5 Å². The average Bonchev–Trinajstić information content (AvgIpc) is 2.91. The molecule has 0 radical (unpaired) electrons. The second kappa shape index (κ2) is 7.36. The summed E-state index contributed by atoms with van der Waals surface area (Å²) < 4.78 is 5.41. The molecule has 0 spiro atoms. The van der Waals surface area contributed by atoms with E-state index < -0.39 is 0 Å². The van der Waals surface area contributed by atoms with E-state index in [9.17, 15) is 4.79 Å². The molecule has 1 saturated heterocycles. The molecule has 0 aromatic heterocycles. The number of nitrogens with one attached hydrogen (secondary N) is 1. The number of aliphatic imine (C=N–C) groups is 1. The normalized spacial score (nSPS) is 17.3. The fraction of sp³-hybridized carbons (Fsp3) is 0.158. The number of hydrogen-bond donors (Lipinski definition) is 1. The van der Waals surface area contributed by atoms with Crippen molar-refractivity contribution in [1.82, 2.24) is 5.32 Å². The molecule has 122 valence electrons. The number of carbonyl (C=O) groups excluding carboxylic acids is 1. The van der Waals surface area contributed by atoms with Crippen LogP contribution in [0.25, 0.3) is 6.08 Å². The van der Waals surface area contributed by atoms with Gasteiger partial charge in [-0.05, 0) is 61.5 Å². The summed E-state index contributed by atoms with van der Waals surface area (Å²) in [6.45, 7) is 4.61. The van der Waals surface area contributed by atoms with Gasteiger partial charge in [-0.15, -0.1) is 0 Å². The lowest BCUT2D eigenvalue weighted by atomic mass is 10.1. The van der Waals surface area contributed by atoms with Gasteiger partial charge in [0.05, 0.1) is 17.2 Å². The fourth-order valence-electron chi connectivity index (χ4n) is 2.20. The maximum atomic E-state index is 12.1. The van der Waals surface area contributed by atoms with Gasteiger partial charge in [-0.1, -0.05) is 29.8 Å². The quantitative estimate of drug-likeness (QED) is 0.846. The van der Waals surface area contributed by atoms with Crippen LogP contribution in [0.5, 0.6) is 5.75 Å². The lowest BCUT2D eigenvalue weighted by Gasteiger charge is -2.02. The summed E-state index contributed by atoms with van der Waals surface area (Å²) in [5.41, 5.74) is 2.97. The van der Waals surface area contributed by atoms with Crippen LogP contribution in [0.15, 0.2) is 58.4 Å². The Bertz CT molecular complexity index is 793. The summed E-state index contributed by atoms with van der Waals surface area (Å²) in [5.74, 6) is 0.690. The summed E-state index contributed by atoms with van der Waals surface area (Å²) in [6, 6.07) is 15.5. The SMILES string of the molecule is CCOc1ccc(N=C2NC(=O)/C(=C/c3ccc(C)cc3)S2)cc1. The first-order chi connectivity index (χ1) is 11.6. The van der Waals surface area contributed by atoms with Crippen LogP contribution in [0.1, 0.15) is 18.1 Å². The van der Waals surface area contributed by atoms with Crippen LogP contribution in [0, 0.1) is 6.92 Å². The van der Waals surface area contributed by atoms with Gasteiger partial charge in [0.25, 0.3) is 5.91 Å². The van der Waals surface area contributed by atoms with E-state index in [1.54, 1.807) is 0 Å². The molecule has 1 heterocycles. The Morgan fingerprint density at radius 1 is 1.12 bits per heavy atom. The summed E-state index contributed by atoms with van der Waals surface area (Å²) in [4.78, 5) is 17.2. The maximum absolute atomic E-state index is 12.1. The van der Waals surface area contributed by atoms with Crippen LogP contribution >= 0.6 is 11.8 Å². The Labute approximate surface area is 145 Å². The molecule has 1 amide bonds. The molecule has 0 saturated carbocycles. The van der Waals surface area contributed by atoms with Gasteiger partial charge >= 0.3 is 0 Å². The molecule has 3 rings (SSSR count). The van der Waals surface area contributed by atoms with Crippen molar-refractivity contribution >= 4 is 34.6 Å². The first-order valence-electron chi connectivity index (χ1n) is 7.73. The number of thioether (sulfide) groups is 1. The van der Waals surface area contributed by atoms with Gasteiger partial charge in [0.1, 0.15) is 5.75 Å². The third kappa shape index (κ3) is 4.06. The minimum Gasteiger partial charge on any atom is -0.494 e. The van der Waals surface area contributed by atoms with Gasteiger partial charge in [-0.25, -0.2) is 4.99 Å². The average molecular weight is 338 g/mol. The zero-order valence-corrected chi connectivity index (χ0v) is 14.4. The van der Waals surface area contributed by atoms with Crippen molar-refractivity contribution in [2.45, 2.75) is 13.8 Å². The first-order valence-corrected chi connectivity index (χ1v) is 8.55. The number of benzene rings is 2. The van der Waals surface area contributed by atoms with Gasteiger partial charge in [-0.3, -0.25) is 4.79 Å². The molecule has 0 atom stereocenters. The van der Waals surface area contributed by atoms with Gasteiger partial charge in [-0.2, -0.15) is 0 Å². The third-order valence-corrected chi connectivity index (χ3v) is 4.31. The van der Waals surface area contributed by atoms with Crippen molar-refractivity contribution in [2.75, 3.05) is 6.61 Å². The Morgan fingerprint density at radius 2 is 1.83 bits per heavy atom. The number of rotatable bonds is 4. The summed E-state index contributed by atoms with van der Waals surface area (Å²) >= 11 is 1.35. The fourth-order valence-corrected chi connectivity index (χ4v) is 3.04. The topological polar surface area (TPSA) is 50.7 Å². The predicted octanol–water partition coefficient (Wildman–Crippen LogP) is 4.29. The molecule has 2 aromatic rings. The standard InChI is InChI=1S/C19H18N2O2S/c1-3-23-16-10-8-15(9-11-16)20-19-21-18(22)17(24-19)12-14-6-4-13(2)5-7-14/h4-12H,3H2,1-2H3,(H,20,21,22)/b17-12-. The molecular formula is C19H18N2O2S. The zero-order valence-electron chi connectivity index (χ0n) is 13.6. The smallest absolute Gasteiger partial charge is 0.264 e. The summed E-state index contributed by atoms with van der Waals surface area (Å²) in [5, 5.41) is 3.38. The summed E-state index contributed by atoms with van der Waals surface area (Å²) in [7, 11) is 0. The van der Waals surface area contributed by atoms with Crippen molar-refractivity contribution in [3.8, 4) is 5.75 Å². The molecule has 1 fully saturated rings. The van der Waals surface area contributed by atoms with E-state index in [2.05, 4.69) is 10.3 Å². The lowest BCUT2D eigenvalue weighted by Crippen LogP contribution is -2.19. The van der Waals surface area contributed by atoms with Crippen LogP contribution in [-0.2, 0) is 4.79 Å². The Hall–Kier alpha value is -2.53. The van der Waals surface area contributed by atoms with Crippen molar-refractivity contribution < 1.29 is 9.53 Å². The zero-order chi connectivity index (χ0) is 16.9. The molecule has 2 aromatic carbocycles. The largest absolute Gasteiger partial charge is 0.494 e. The Morgan fingerprint density at radius 3 is 2.50 bits per heavy atom. The van der Waals surface area contributed by atoms with E-state index in [4.69, 9.17) is 4.74 Å². The number of amides is 1. The number of aryl methyl sites for hydroxylation is 1. The van der Waals surface area contributed by atoms with Crippen molar-refractivity contribution in [1.29, 1.82) is 0 Å². The highest BCUT2D eigenvalue weighted by atomic mass is 32.2. The van der Waals surface area contributed by atoms with E-state index in [1.165, 1.54) is 17.3 Å². The molecular weight excluding hydrogens is 320 g/mol. The van der Waals surface area contributed by atoms with Crippen LogP contribution in [0.3, 0.4) is 0 Å². The second-order valence-electron chi connectivity index (χ2n) is 5.32. The van der Waals surface area contributed by atoms with Gasteiger partial charge in [0.15, 0.2) is 5.17 Å². The van der Waals surface area contributed by atoms with E-state index in [0.717, 1.165) is 17.0 Å². The van der Waals surface area contributed by atoms with Gasteiger partial charge < -0.3 is 10.1 Å². The first kappa shape index (κ1) is 16.3. The van der Waals surface area contributed by atoms with Crippen LogP contribution in [0.2, 0.25) is 0 Å². The molecule has 5 heteroatoms. The van der Waals surface area contributed by atoms with Gasteiger partial charge in [0, 0.05) is 0 Å². The predicted molar refractivity (Wildman–Crippen MR) is 99.6 cm³/mol. The van der Waals surface area contributed by atoms with Crippen molar-refractivity contribution in [3.63, 3.8) is 0 Å². The Kier molecular flexibility index (Phi) is 5.01. The monoisotopic (exact) mass is 338 g/mol. The number of nitrogens with zero attached hydrogens (tertiary/aromatic N) is 1. The summed E-state index contributed by atoms with van der Waals surface area (Å²) in [6.07, 6.45) is 1.88. The molecule has 1 aliphatic heterocycles. The van der Waals surface area contributed by atoms with Crippen molar-refractivity contribution in [2.24, 2.45) is 4.99 Å². The molecule has 0 aliphatic carbocycles. The molecule has 0 unspecified atom stereocenters. The highest BCUT2D eigenvalue weighted by molar-refractivity contribution is 8.18. The van der Waals surface area contributed by atoms with E-state index >= 15 is 0 Å². The van der Waals surface area contributed by atoms with Gasteiger partial charge in [0.2, 0.25) is 0 Å². The number of ether oxygens (including phenoxy) is 1. The number of hydrogen-bond acceptors (Lipinski definition) is 4. The van der Waals surface area contributed by atoms with Crippen LogP contribution in [0.4, 0.5) is 5.69 Å². The highest BCUT2D eigenvalue weighted by Gasteiger charge is 2.23. The maximum Gasteiger partial charge on any atom is 0.264 e. The highest BCUT2D eigenvalue weighted by Crippen LogP contribution is 2.28. The Balaban J connectivity index is 1.75. The molecule has 24 heavy (non-hydrogen) atoms. The minimum absolute atomic E-state index is 0.120. The molecule has 1 N–H and O–H groups in total. The molecule has 4 nitrogen and oxygen atoms in total. The minimum atomic E-state index is -0.120.